The molecule has 0 aliphatic heterocycles. The van der Waals surface area contributed by atoms with Crippen LogP contribution in [0.25, 0.3) is 0 Å². The molecule has 0 bridgehead atoms. The van der Waals surface area contributed by atoms with Crippen LogP contribution in [0.2, 0.25) is 0 Å². The van der Waals surface area contributed by atoms with Crippen molar-refractivity contribution in [1.82, 2.24) is 0 Å². The average molecular weight is 328 g/mol. The minimum absolute atomic E-state index is 0.00558. The van der Waals surface area contributed by atoms with Gasteiger partial charge in [0.05, 0.1) is 12.2 Å². The number of carbonyl (C=O) groups excluding carboxylic acids is 1. The van der Waals surface area contributed by atoms with Crippen molar-refractivity contribution in [3.63, 3.8) is 0 Å². The Bertz CT molecular complexity index is 681. The number of para-hydroxylation sites is 1. The summed E-state index contributed by atoms with van der Waals surface area (Å²) >= 11 is 0. The summed E-state index contributed by atoms with van der Waals surface area (Å²) in [4.78, 5) is 12.6. The van der Waals surface area contributed by atoms with Crippen LogP contribution in [0.3, 0.4) is 0 Å². The van der Waals surface area contributed by atoms with E-state index in [9.17, 15) is 9.90 Å². The summed E-state index contributed by atoms with van der Waals surface area (Å²) in [6.45, 7) is 3.21. The third kappa shape index (κ3) is 5.22. The van der Waals surface area contributed by atoms with Gasteiger partial charge in [-0.2, -0.15) is 0 Å². The molecule has 0 spiro atoms. The molecule has 0 amide bonds. The van der Waals surface area contributed by atoms with Gasteiger partial charge in [0.2, 0.25) is 0 Å². The maximum Gasteiger partial charge on any atom is 0.196 e. The Morgan fingerprint density at radius 2 is 1.71 bits per heavy atom. The van der Waals surface area contributed by atoms with Crippen molar-refractivity contribution < 1.29 is 24.5 Å². The van der Waals surface area contributed by atoms with E-state index in [0.29, 0.717) is 16.9 Å². The standard InChI is InChI=1S/C19H20O5/c1-14(20)11-23-12-16(21)13-24-18-10-6-5-9-17(18)19(22)15-7-3-2-4-8-15/h2-10,16,20-21H,1,11-13H2. The fourth-order valence-corrected chi connectivity index (χ4v) is 2.07. The molecule has 0 aliphatic carbocycles. The summed E-state index contributed by atoms with van der Waals surface area (Å²) in [6.07, 6.45) is -0.885. The predicted molar refractivity (Wildman–Crippen MR) is 90.4 cm³/mol. The molecule has 0 heterocycles. The molecule has 0 aliphatic rings. The van der Waals surface area contributed by atoms with E-state index in [0.717, 1.165) is 0 Å². The molecule has 0 saturated carbocycles. The first kappa shape index (κ1) is 17.7. The van der Waals surface area contributed by atoms with E-state index >= 15 is 0 Å². The molecule has 2 rings (SSSR count). The zero-order valence-electron chi connectivity index (χ0n) is 13.2. The van der Waals surface area contributed by atoms with Crippen molar-refractivity contribution in [1.29, 1.82) is 0 Å². The molecule has 1 atom stereocenters. The summed E-state index contributed by atoms with van der Waals surface area (Å²) in [5.41, 5.74) is 0.999. The van der Waals surface area contributed by atoms with Gasteiger partial charge in [-0.3, -0.25) is 4.79 Å². The van der Waals surface area contributed by atoms with Crippen LogP contribution < -0.4 is 4.74 Å². The number of ketones is 1. The third-order valence-corrected chi connectivity index (χ3v) is 3.18. The summed E-state index contributed by atoms with van der Waals surface area (Å²) in [7, 11) is 0. The predicted octanol–water partition coefficient (Wildman–Crippen LogP) is 2.75. The molecule has 0 fully saturated rings. The van der Waals surface area contributed by atoms with E-state index < -0.39 is 6.10 Å². The summed E-state index contributed by atoms with van der Waals surface area (Å²) in [6, 6.07) is 15.8. The summed E-state index contributed by atoms with van der Waals surface area (Å²) < 4.78 is 10.6. The Balaban J connectivity index is 1.99. The molecule has 2 aromatic rings. The second-order valence-electron chi connectivity index (χ2n) is 5.24. The van der Waals surface area contributed by atoms with Crippen LogP contribution >= 0.6 is 0 Å². The zero-order chi connectivity index (χ0) is 17.4. The highest BCUT2D eigenvalue weighted by Gasteiger charge is 2.15. The lowest BCUT2D eigenvalue weighted by atomic mass is 10.0. The van der Waals surface area contributed by atoms with Gasteiger partial charge in [-0.25, -0.2) is 0 Å². The molecular weight excluding hydrogens is 308 g/mol. The monoisotopic (exact) mass is 328 g/mol. The Hall–Kier alpha value is -2.63. The quantitative estimate of drug-likeness (QED) is 0.547. The number of aliphatic hydroxyl groups is 2. The number of carbonyl (C=O) groups is 1. The normalized spacial score (nSPS) is 11.7. The van der Waals surface area contributed by atoms with Gasteiger partial charge in [0.15, 0.2) is 5.78 Å². The second-order valence-corrected chi connectivity index (χ2v) is 5.24. The number of benzene rings is 2. The molecule has 24 heavy (non-hydrogen) atoms. The van der Waals surface area contributed by atoms with Gasteiger partial charge in [-0.05, 0) is 12.1 Å². The van der Waals surface area contributed by atoms with Crippen LogP contribution in [0.1, 0.15) is 15.9 Å². The van der Waals surface area contributed by atoms with Crippen LogP contribution in [0, 0.1) is 0 Å². The van der Waals surface area contributed by atoms with Gasteiger partial charge >= 0.3 is 0 Å². The Morgan fingerprint density at radius 3 is 2.42 bits per heavy atom. The van der Waals surface area contributed by atoms with E-state index in [-0.39, 0.29) is 31.4 Å². The maximum atomic E-state index is 12.6. The van der Waals surface area contributed by atoms with Crippen LogP contribution in [-0.2, 0) is 4.74 Å². The Kier molecular flexibility index (Phi) is 6.54. The van der Waals surface area contributed by atoms with Crippen LogP contribution in [-0.4, -0.2) is 41.9 Å². The van der Waals surface area contributed by atoms with E-state index in [4.69, 9.17) is 14.6 Å². The molecule has 2 aromatic carbocycles. The van der Waals surface area contributed by atoms with Gasteiger partial charge in [0, 0.05) is 5.56 Å². The lowest BCUT2D eigenvalue weighted by Crippen LogP contribution is -2.24. The largest absolute Gasteiger partial charge is 0.510 e. The smallest absolute Gasteiger partial charge is 0.196 e. The van der Waals surface area contributed by atoms with Crippen molar-refractivity contribution >= 4 is 5.78 Å². The molecule has 0 radical (unpaired) electrons. The number of hydrogen-bond donors (Lipinski definition) is 2. The minimum Gasteiger partial charge on any atom is -0.510 e. The third-order valence-electron chi connectivity index (χ3n) is 3.18. The first-order valence-corrected chi connectivity index (χ1v) is 7.52. The average Bonchev–Trinajstić information content (AvgIpc) is 2.60. The molecule has 0 aromatic heterocycles. The highest BCUT2D eigenvalue weighted by molar-refractivity contribution is 6.10. The van der Waals surface area contributed by atoms with E-state index in [1.54, 1.807) is 48.5 Å². The molecule has 2 N–H and O–H groups in total. The number of rotatable bonds is 9. The van der Waals surface area contributed by atoms with Crippen LogP contribution in [0.15, 0.2) is 66.9 Å². The summed E-state index contributed by atoms with van der Waals surface area (Å²) in [5, 5.41) is 18.7. The first-order chi connectivity index (χ1) is 11.6. The fourth-order valence-electron chi connectivity index (χ4n) is 2.07. The van der Waals surface area contributed by atoms with Crippen molar-refractivity contribution in [2.24, 2.45) is 0 Å². The van der Waals surface area contributed by atoms with Gasteiger partial charge in [-0.15, -0.1) is 0 Å². The SMILES string of the molecule is C=C(O)COCC(O)COc1ccccc1C(=O)c1ccccc1. The number of aliphatic hydroxyl groups excluding tert-OH is 2. The fraction of sp³-hybridized carbons (Fsp3) is 0.211. The van der Waals surface area contributed by atoms with Gasteiger partial charge in [-0.1, -0.05) is 49.0 Å². The molecule has 126 valence electrons. The Labute approximate surface area is 140 Å². The molecule has 1 unspecified atom stereocenters. The lowest BCUT2D eigenvalue weighted by Gasteiger charge is -2.14. The number of hydrogen-bond acceptors (Lipinski definition) is 5. The van der Waals surface area contributed by atoms with Gasteiger partial charge in [0.25, 0.3) is 0 Å². The molecule has 5 nitrogen and oxygen atoms in total. The molecule has 5 heteroatoms. The first-order valence-electron chi connectivity index (χ1n) is 7.52. The topological polar surface area (TPSA) is 76.0 Å². The maximum absolute atomic E-state index is 12.6. The highest BCUT2D eigenvalue weighted by Crippen LogP contribution is 2.21. The van der Waals surface area contributed by atoms with Crippen molar-refractivity contribution in [2.45, 2.75) is 6.10 Å². The van der Waals surface area contributed by atoms with Crippen LogP contribution in [0.4, 0.5) is 0 Å². The summed E-state index contributed by atoms with van der Waals surface area (Å²) in [5.74, 6) is 0.146. The van der Waals surface area contributed by atoms with Gasteiger partial charge < -0.3 is 19.7 Å². The minimum atomic E-state index is -0.885. The van der Waals surface area contributed by atoms with Gasteiger partial charge in [0.1, 0.15) is 30.8 Å². The van der Waals surface area contributed by atoms with Crippen molar-refractivity contribution in [2.75, 3.05) is 19.8 Å². The zero-order valence-corrected chi connectivity index (χ0v) is 13.2. The lowest BCUT2D eigenvalue weighted by molar-refractivity contribution is 0.0127. The highest BCUT2D eigenvalue weighted by atomic mass is 16.5. The van der Waals surface area contributed by atoms with Crippen molar-refractivity contribution in [3.05, 3.63) is 78.1 Å². The number of ether oxygens (including phenoxy) is 2. The molecule has 0 saturated heterocycles. The Morgan fingerprint density at radius 1 is 1.04 bits per heavy atom. The van der Waals surface area contributed by atoms with E-state index in [1.807, 2.05) is 6.07 Å². The second kappa shape index (κ2) is 8.86. The molecular formula is C19H20O5. The van der Waals surface area contributed by atoms with E-state index in [2.05, 4.69) is 6.58 Å². The van der Waals surface area contributed by atoms with E-state index in [1.165, 1.54) is 0 Å². The van der Waals surface area contributed by atoms with Crippen LogP contribution in [0.5, 0.6) is 5.75 Å². The van der Waals surface area contributed by atoms with Crippen molar-refractivity contribution in [3.8, 4) is 5.75 Å².